The number of fused-ring (bicyclic) bond motifs is 1. The van der Waals surface area contributed by atoms with Gasteiger partial charge in [-0.05, 0) is 12.1 Å². The second-order valence-electron chi connectivity index (χ2n) is 2.33. The van der Waals surface area contributed by atoms with Crippen molar-refractivity contribution in [3.63, 3.8) is 0 Å². The molecule has 0 aromatic heterocycles. The van der Waals surface area contributed by atoms with Gasteiger partial charge in [0.05, 0.1) is 5.69 Å². The third-order valence-electron chi connectivity index (χ3n) is 1.52. The van der Waals surface area contributed by atoms with Gasteiger partial charge in [0.2, 0.25) is 0 Å². The Bertz CT molecular complexity index is 297. The summed E-state index contributed by atoms with van der Waals surface area (Å²) in [5.41, 5.74) is 0.753. The Labute approximate surface area is 91.5 Å². The summed E-state index contributed by atoms with van der Waals surface area (Å²) in [6.07, 6.45) is 0. The molecule has 1 aromatic rings. The number of benzene rings is 1. The lowest BCUT2D eigenvalue weighted by Crippen LogP contribution is -2.25. The van der Waals surface area contributed by atoms with Crippen molar-refractivity contribution in [2.45, 2.75) is 27.7 Å². The Morgan fingerprint density at radius 2 is 1.73 bits per heavy atom. The zero-order chi connectivity index (χ0) is 11.7. The van der Waals surface area contributed by atoms with Gasteiger partial charge in [0.1, 0.15) is 5.75 Å². The van der Waals surface area contributed by atoms with E-state index in [9.17, 15) is 4.79 Å². The lowest BCUT2D eigenvalue weighted by molar-refractivity contribution is -0.118. The number of para-hydroxylation sites is 2. The predicted molar refractivity (Wildman–Crippen MR) is 63.3 cm³/mol. The van der Waals surface area contributed by atoms with Crippen molar-refractivity contribution in [1.29, 1.82) is 0 Å². The van der Waals surface area contributed by atoms with Crippen molar-refractivity contribution in [1.82, 2.24) is 0 Å². The van der Waals surface area contributed by atoms with Crippen LogP contribution in [0.15, 0.2) is 24.3 Å². The smallest absolute Gasteiger partial charge is 0.262 e. The first-order valence-corrected chi connectivity index (χ1v) is 5.38. The maximum atomic E-state index is 10.8. The first-order valence-electron chi connectivity index (χ1n) is 5.38. The lowest BCUT2D eigenvalue weighted by atomic mass is 10.2. The van der Waals surface area contributed by atoms with Crippen LogP contribution in [0.25, 0.3) is 0 Å². The monoisotopic (exact) mass is 209 g/mol. The number of rotatable bonds is 0. The molecule has 0 spiro atoms. The van der Waals surface area contributed by atoms with Crippen LogP contribution in [0.5, 0.6) is 5.75 Å². The Morgan fingerprint density at radius 1 is 1.13 bits per heavy atom. The van der Waals surface area contributed by atoms with Gasteiger partial charge in [-0.3, -0.25) is 4.79 Å². The average molecular weight is 209 g/mol. The number of anilines is 1. The fourth-order valence-electron chi connectivity index (χ4n) is 1.03. The number of ether oxygens (including phenoxy) is 1. The summed E-state index contributed by atoms with van der Waals surface area (Å²) < 4.78 is 5.12. The third kappa shape index (κ3) is 4.02. The molecule has 1 aromatic carbocycles. The summed E-state index contributed by atoms with van der Waals surface area (Å²) in [7, 11) is 0. The van der Waals surface area contributed by atoms with E-state index in [0.717, 1.165) is 11.4 Å². The van der Waals surface area contributed by atoms with E-state index < -0.39 is 0 Å². The van der Waals surface area contributed by atoms with Crippen molar-refractivity contribution in [2.75, 3.05) is 11.9 Å². The second-order valence-corrected chi connectivity index (χ2v) is 2.33. The van der Waals surface area contributed by atoms with Crippen LogP contribution in [-0.4, -0.2) is 12.5 Å². The largest absolute Gasteiger partial charge is 0.482 e. The molecule has 1 aliphatic rings. The molecule has 0 atom stereocenters. The van der Waals surface area contributed by atoms with E-state index in [1.54, 1.807) is 0 Å². The normalized spacial score (nSPS) is 11.6. The van der Waals surface area contributed by atoms with E-state index in [0.29, 0.717) is 0 Å². The topological polar surface area (TPSA) is 38.3 Å². The number of carbonyl (C=O) groups is 1. The molecule has 3 nitrogen and oxygen atoms in total. The highest BCUT2D eigenvalue weighted by Crippen LogP contribution is 2.25. The van der Waals surface area contributed by atoms with Crippen molar-refractivity contribution < 1.29 is 9.53 Å². The van der Waals surface area contributed by atoms with Gasteiger partial charge in [0, 0.05) is 0 Å². The zero-order valence-electron chi connectivity index (χ0n) is 9.83. The maximum absolute atomic E-state index is 10.8. The lowest BCUT2D eigenvalue weighted by Gasteiger charge is -2.16. The summed E-state index contributed by atoms with van der Waals surface area (Å²) in [4.78, 5) is 10.8. The van der Waals surface area contributed by atoms with E-state index in [2.05, 4.69) is 5.32 Å². The minimum Gasteiger partial charge on any atom is -0.482 e. The van der Waals surface area contributed by atoms with Crippen molar-refractivity contribution in [3.8, 4) is 5.75 Å². The Kier molecular flexibility index (Phi) is 7.06. The molecule has 1 heterocycles. The van der Waals surface area contributed by atoms with Crippen LogP contribution in [0.3, 0.4) is 0 Å². The van der Waals surface area contributed by atoms with Crippen LogP contribution in [0, 0.1) is 0 Å². The average Bonchev–Trinajstić information content (AvgIpc) is 2.34. The van der Waals surface area contributed by atoms with E-state index in [1.165, 1.54) is 0 Å². The number of nitrogens with one attached hydrogen (secondary N) is 1. The van der Waals surface area contributed by atoms with Crippen molar-refractivity contribution >= 4 is 11.6 Å². The molecule has 15 heavy (non-hydrogen) atoms. The van der Waals surface area contributed by atoms with Gasteiger partial charge in [0.25, 0.3) is 5.91 Å². The van der Waals surface area contributed by atoms with Crippen LogP contribution < -0.4 is 10.1 Å². The highest BCUT2D eigenvalue weighted by molar-refractivity contribution is 5.95. The fraction of sp³-hybridized carbons (Fsp3) is 0.417. The Hall–Kier alpha value is -1.51. The SMILES string of the molecule is CC.CC.O=C1COc2ccccc2N1. The minimum atomic E-state index is -0.0938. The third-order valence-corrected chi connectivity index (χ3v) is 1.52. The molecular formula is C12H19NO2. The van der Waals surface area contributed by atoms with Crippen LogP contribution >= 0.6 is 0 Å². The summed E-state index contributed by atoms with van der Waals surface area (Å²) in [6, 6.07) is 7.37. The first kappa shape index (κ1) is 13.5. The van der Waals surface area contributed by atoms with Gasteiger partial charge in [-0.25, -0.2) is 0 Å². The van der Waals surface area contributed by atoms with Crippen molar-refractivity contribution in [2.24, 2.45) is 0 Å². The van der Waals surface area contributed by atoms with Gasteiger partial charge in [-0.1, -0.05) is 39.8 Å². The standard InChI is InChI=1S/C8H7NO2.2C2H6/c10-8-5-11-7-4-2-1-3-6(7)9-8;2*1-2/h1-4H,5H2,(H,9,10);2*1-2H3. The highest BCUT2D eigenvalue weighted by atomic mass is 16.5. The van der Waals surface area contributed by atoms with E-state index in [1.807, 2.05) is 52.0 Å². The minimum absolute atomic E-state index is 0.0938. The number of amides is 1. The fourth-order valence-corrected chi connectivity index (χ4v) is 1.03. The molecule has 0 aliphatic carbocycles. The Balaban J connectivity index is 0.000000442. The summed E-state index contributed by atoms with van der Waals surface area (Å²) in [6.45, 7) is 8.12. The van der Waals surface area contributed by atoms with E-state index in [-0.39, 0.29) is 12.5 Å². The van der Waals surface area contributed by atoms with Gasteiger partial charge < -0.3 is 10.1 Å². The quantitative estimate of drug-likeness (QED) is 0.713. The van der Waals surface area contributed by atoms with E-state index in [4.69, 9.17) is 4.74 Å². The highest BCUT2D eigenvalue weighted by Gasteiger charge is 2.13. The van der Waals surface area contributed by atoms with Crippen LogP contribution in [0.1, 0.15) is 27.7 Å². The molecule has 3 heteroatoms. The van der Waals surface area contributed by atoms with Gasteiger partial charge in [-0.2, -0.15) is 0 Å². The molecular weight excluding hydrogens is 190 g/mol. The predicted octanol–water partition coefficient (Wildman–Crippen LogP) is 3.07. The van der Waals surface area contributed by atoms with E-state index >= 15 is 0 Å². The number of carbonyl (C=O) groups excluding carboxylic acids is 1. The van der Waals surface area contributed by atoms with Crippen molar-refractivity contribution in [3.05, 3.63) is 24.3 Å². The first-order chi connectivity index (χ1) is 7.36. The number of hydrogen-bond acceptors (Lipinski definition) is 2. The number of hydrogen-bond donors (Lipinski definition) is 1. The van der Waals surface area contributed by atoms with Gasteiger partial charge in [-0.15, -0.1) is 0 Å². The molecule has 1 amide bonds. The maximum Gasteiger partial charge on any atom is 0.262 e. The zero-order valence-corrected chi connectivity index (χ0v) is 9.83. The van der Waals surface area contributed by atoms with Crippen LogP contribution in [0.4, 0.5) is 5.69 Å². The van der Waals surface area contributed by atoms with Crippen LogP contribution in [0.2, 0.25) is 0 Å². The molecule has 0 saturated heterocycles. The molecule has 0 fully saturated rings. The molecule has 1 N–H and O–H groups in total. The summed E-state index contributed by atoms with van der Waals surface area (Å²) >= 11 is 0. The molecule has 0 saturated carbocycles. The molecule has 1 aliphatic heterocycles. The van der Waals surface area contributed by atoms with Gasteiger partial charge in [0.15, 0.2) is 6.61 Å². The molecule has 0 bridgehead atoms. The molecule has 2 rings (SSSR count). The molecule has 84 valence electrons. The second kappa shape index (κ2) is 7.85. The molecule has 0 radical (unpaired) electrons. The Morgan fingerprint density at radius 3 is 2.40 bits per heavy atom. The molecule has 0 unspecified atom stereocenters. The summed E-state index contributed by atoms with van der Waals surface area (Å²) in [5, 5.41) is 2.70. The van der Waals surface area contributed by atoms with Crippen LogP contribution in [-0.2, 0) is 4.79 Å². The van der Waals surface area contributed by atoms with Gasteiger partial charge >= 0.3 is 0 Å². The summed E-state index contributed by atoms with van der Waals surface area (Å²) in [5.74, 6) is 0.649.